The van der Waals surface area contributed by atoms with Crippen LogP contribution >= 0.6 is 11.6 Å². The minimum Gasteiger partial charge on any atom is -0.484 e. The molecule has 1 fully saturated rings. The molecule has 3 N–H and O–H groups in total. The van der Waals surface area contributed by atoms with E-state index in [0.717, 1.165) is 18.2 Å². The zero-order valence-electron chi connectivity index (χ0n) is 17.3. The number of benzene rings is 2. The molecule has 33 heavy (non-hydrogen) atoms. The van der Waals surface area contributed by atoms with Crippen LogP contribution in [0.5, 0.6) is 5.75 Å². The summed E-state index contributed by atoms with van der Waals surface area (Å²) in [7, 11) is 0. The molecule has 1 saturated heterocycles. The van der Waals surface area contributed by atoms with Gasteiger partial charge in [0.1, 0.15) is 11.6 Å². The van der Waals surface area contributed by atoms with Crippen molar-refractivity contribution in [2.45, 2.75) is 37.6 Å². The van der Waals surface area contributed by atoms with Crippen molar-refractivity contribution < 1.29 is 31.9 Å². The molecule has 0 spiro atoms. The van der Waals surface area contributed by atoms with Crippen molar-refractivity contribution in [2.75, 3.05) is 13.2 Å². The van der Waals surface area contributed by atoms with Gasteiger partial charge in [-0.15, -0.1) is 0 Å². The molecule has 1 aliphatic rings. The van der Waals surface area contributed by atoms with E-state index < -0.39 is 23.6 Å². The van der Waals surface area contributed by atoms with Crippen LogP contribution in [0.4, 0.5) is 17.6 Å². The predicted octanol–water partition coefficient (Wildman–Crippen LogP) is 3.43. The minimum absolute atomic E-state index is 0.0435. The Kier molecular flexibility index (Phi) is 8.15. The fourth-order valence-electron chi connectivity index (χ4n) is 3.31. The lowest BCUT2D eigenvalue weighted by Gasteiger charge is -2.29. The van der Waals surface area contributed by atoms with Crippen LogP contribution in [0.15, 0.2) is 42.5 Å². The summed E-state index contributed by atoms with van der Waals surface area (Å²) in [6, 6.07) is 7.79. The van der Waals surface area contributed by atoms with Gasteiger partial charge in [0, 0.05) is 25.2 Å². The molecule has 0 saturated carbocycles. The number of ether oxygens (including phenoxy) is 1. The van der Waals surface area contributed by atoms with Gasteiger partial charge < -0.3 is 20.7 Å². The van der Waals surface area contributed by atoms with Crippen LogP contribution in [0.1, 0.15) is 24.0 Å². The van der Waals surface area contributed by atoms with Gasteiger partial charge in [-0.05, 0) is 42.7 Å². The minimum atomic E-state index is -4.40. The third-order valence-corrected chi connectivity index (χ3v) is 5.41. The molecule has 2 aromatic carbocycles. The lowest BCUT2D eigenvalue weighted by atomic mass is 10.00. The average molecular weight is 488 g/mol. The third-order valence-electron chi connectivity index (χ3n) is 5.11. The molecule has 2 aromatic rings. The van der Waals surface area contributed by atoms with Gasteiger partial charge in [0.15, 0.2) is 6.61 Å². The molecule has 2 amide bonds. The number of amides is 2. The van der Waals surface area contributed by atoms with E-state index in [4.69, 9.17) is 16.3 Å². The van der Waals surface area contributed by atoms with Crippen molar-refractivity contribution in [3.8, 4) is 5.75 Å². The summed E-state index contributed by atoms with van der Waals surface area (Å²) < 4.78 is 56.5. The van der Waals surface area contributed by atoms with Gasteiger partial charge in [-0.2, -0.15) is 13.2 Å². The number of nitrogens with one attached hydrogen (secondary N) is 3. The zero-order valence-corrected chi connectivity index (χ0v) is 18.1. The molecule has 3 rings (SSSR count). The topological polar surface area (TPSA) is 79.5 Å². The van der Waals surface area contributed by atoms with E-state index in [1.54, 1.807) is 0 Å². The molecule has 1 heterocycles. The fourth-order valence-corrected chi connectivity index (χ4v) is 3.43. The van der Waals surface area contributed by atoms with E-state index in [0.29, 0.717) is 24.9 Å². The van der Waals surface area contributed by atoms with E-state index in [9.17, 15) is 27.2 Å². The maximum atomic E-state index is 13.4. The van der Waals surface area contributed by atoms with Crippen molar-refractivity contribution >= 4 is 23.4 Å². The summed E-state index contributed by atoms with van der Waals surface area (Å²) in [5.41, 5.74) is -0.191. The van der Waals surface area contributed by atoms with Crippen molar-refractivity contribution in [1.82, 2.24) is 16.0 Å². The Morgan fingerprint density at radius 2 is 1.85 bits per heavy atom. The SMILES string of the molecule is O=C(COc1ccc(Cl)c(F)c1)N[C@H]1CC[C@H](C(=O)NCc2ccc(C(F)(F)F)cc2)NC1. The summed E-state index contributed by atoms with van der Waals surface area (Å²) in [4.78, 5) is 24.4. The van der Waals surface area contributed by atoms with Crippen LogP contribution < -0.4 is 20.7 Å². The molecule has 6 nitrogen and oxygen atoms in total. The van der Waals surface area contributed by atoms with Crippen molar-refractivity contribution in [2.24, 2.45) is 0 Å². The van der Waals surface area contributed by atoms with Gasteiger partial charge in [-0.3, -0.25) is 9.59 Å². The normalized spacial score (nSPS) is 18.5. The van der Waals surface area contributed by atoms with E-state index in [1.807, 2.05) is 0 Å². The highest BCUT2D eigenvalue weighted by Crippen LogP contribution is 2.29. The predicted molar refractivity (Wildman–Crippen MR) is 113 cm³/mol. The van der Waals surface area contributed by atoms with Gasteiger partial charge >= 0.3 is 6.18 Å². The van der Waals surface area contributed by atoms with Crippen molar-refractivity contribution in [3.05, 3.63) is 64.4 Å². The Bertz CT molecular complexity index is 978. The molecular weight excluding hydrogens is 466 g/mol. The highest BCUT2D eigenvalue weighted by atomic mass is 35.5. The van der Waals surface area contributed by atoms with Crippen molar-refractivity contribution in [3.63, 3.8) is 0 Å². The molecule has 0 aromatic heterocycles. The Balaban J connectivity index is 1.36. The van der Waals surface area contributed by atoms with Crippen LogP contribution in [0, 0.1) is 5.82 Å². The fraction of sp³-hybridized carbons (Fsp3) is 0.364. The number of hydrogen-bond donors (Lipinski definition) is 3. The third kappa shape index (κ3) is 7.33. The molecule has 11 heteroatoms. The van der Waals surface area contributed by atoms with E-state index in [-0.39, 0.29) is 41.8 Å². The van der Waals surface area contributed by atoms with Crippen LogP contribution in [-0.4, -0.2) is 37.0 Å². The van der Waals surface area contributed by atoms with E-state index in [1.165, 1.54) is 24.3 Å². The molecule has 1 aliphatic heterocycles. The first kappa shape index (κ1) is 24.8. The molecular formula is C22H22ClF4N3O3. The second kappa shape index (κ2) is 10.8. The first-order valence-electron chi connectivity index (χ1n) is 10.2. The number of carbonyl (C=O) groups is 2. The maximum Gasteiger partial charge on any atom is 0.416 e. The van der Waals surface area contributed by atoms with Crippen LogP contribution in [-0.2, 0) is 22.3 Å². The summed E-state index contributed by atoms with van der Waals surface area (Å²) >= 11 is 5.60. The number of carbonyl (C=O) groups excluding carboxylic acids is 2. The average Bonchev–Trinajstić information content (AvgIpc) is 2.78. The number of rotatable bonds is 7. The number of alkyl halides is 3. The maximum absolute atomic E-state index is 13.4. The summed E-state index contributed by atoms with van der Waals surface area (Å²) in [6.45, 7) is 0.173. The standard InChI is InChI=1S/C22H22ClF4N3O3/c23-17-7-6-16(9-18(17)24)33-12-20(31)30-15-5-8-19(28-11-15)21(32)29-10-13-1-3-14(4-2-13)22(25,26)27/h1-4,6-7,9,15,19,28H,5,8,10-12H2,(H,29,32)(H,30,31)/t15-,19+/m0/s1. The quantitative estimate of drug-likeness (QED) is 0.523. The molecule has 0 radical (unpaired) electrons. The molecule has 178 valence electrons. The number of piperidine rings is 1. The summed E-state index contributed by atoms with van der Waals surface area (Å²) in [5, 5.41) is 8.48. The highest BCUT2D eigenvalue weighted by molar-refractivity contribution is 6.30. The lowest BCUT2D eigenvalue weighted by Crippen LogP contribution is -2.54. The first-order chi connectivity index (χ1) is 15.6. The van der Waals surface area contributed by atoms with Gasteiger partial charge in [0.2, 0.25) is 5.91 Å². The monoisotopic (exact) mass is 487 g/mol. The Morgan fingerprint density at radius 3 is 2.45 bits per heavy atom. The Labute approximate surface area is 192 Å². The molecule has 0 bridgehead atoms. The molecule has 0 unspecified atom stereocenters. The first-order valence-corrected chi connectivity index (χ1v) is 10.5. The van der Waals surface area contributed by atoms with E-state index in [2.05, 4.69) is 16.0 Å². The van der Waals surface area contributed by atoms with Gasteiger partial charge in [-0.25, -0.2) is 4.39 Å². The Hall–Kier alpha value is -2.85. The smallest absolute Gasteiger partial charge is 0.416 e. The Morgan fingerprint density at radius 1 is 1.12 bits per heavy atom. The highest BCUT2D eigenvalue weighted by Gasteiger charge is 2.30. The summed E-state index contributed by atoms with van der Waals surface area (Å²) in [6.07, 6.45) is -3.39. The second-order valence-electron chi connectivity index (χ2n) is 7.58. The molecule has 2 atom stereocenters. The molecule has 0 aliphatic carbocycles. The van der Waals surface area contributed by atoms with Crippen molar-refractivity contribution in [1.29, 1.82) is 0 Å². The van der Waals surface area contributed by atoms with Gasteiger partial charge in [0.05, 0.1) is 16.6 Å². The van der Waals surface area contributed by atoms with Crippen LogP contribution in [0.2, 0.25) is 5.02 Å². The van der Waals surface area contributed by atoms with E-state index >= 15 is 0 Å². The zero-order chi connectivity index (χ0) is 24.0. The van der Waals surface area contributed by atoms with Gasteiger partial charge in [0.25, 0.3) is 5.91 Å². The van der Waals surface area contributed by atoms with Crippen LogP contribution in [0.3, 0.4) is 0 Å². The van der Waals surface area contributed by atoms with Gasteiger partial charge in [-0.1, -0.05) is 23.7 Å². The number of hydrogen-bond acceptors (Lipinski definition) is 4. The number of halogens is 5. The van der Waals surface area contributed by atoms with Crippen LogP contribution in [0.25, 0.3) is 0 Å². The largest absolute Gasteiger partial charge is 0.484 e. The lowest BCUT2D eigenvalue weighted by molar-refractivity contribution is -0.137. The second-order valence-corrected chi connectivity index (χ2v) is 7.99. The summed E-state index contributed by atoms with van der Waals surface area (Å²) in [5.74, 6) is -1.12.